The summed E-state index contributed by atoms with van der Waals surface area (Å²) < 4.78 is 0. The Morgan fingerprint density at radius 2 is 0.955 bits per heavy atom. The van der Waals surface area contributed by atoms with Crippen LogP contribution in [-0.4, -0.2) is 0 Å². The summed E-state index contributed by atoms with van der Waals surface area (Å²) in [6, 6.07) is 0. The second-order valence-corrected chi connectivity index (χ2v) is 7.38. The van der Waals surface area contributed by atoms with Gasteiger partial charge in [0.25, 0.3) is 0 Å². The van der Waals surface area contributed by atoms with Gasteiger partial charge in [-0.2, -0.15) is 0 Å². The number of rotatable bonds is 17. The Labute approximate surface area is 142 Å². The van der Waals surface area contributed by atoms with E-state index in [1.807, 2.05) is 0 Å². The van der Waals surface area contributed by atoms with Crippen LogP contribution in [0, 0.1) is 12.5 Å². The van der Waals surface area contributed by atoms with Crippen molar-refractivity contribution < 1.29 is 0 Å². The minimum absolute atomic E-state index is 0.613. The predicted molar refractivity (Wildman–Crippen MR) is 102 cm³/mol. The maximum Gasteiger partial charge on any atom is -0.0231 e. The Morgan fingerprint density at radius 1 is 0.636 bits per heavy atom. The van der Waals surface area contributed by atoms with Crippen molar-refractivity contribution in [2.75, 3.05) is 0 Å². The first-order valence-electron chi connectivity index (χ1n) is 10.3. The van der Waals surface area contributed by atoms with Crippen molar-refractivity contribution in [1.29, 1.82) is 0 Å². The molecule has 0 nitrogen and oxygen atoms in total. The Hall–Kier alpha value is -0.260. The average molecular weight is 308 g/mol. The first kappa shape index (κ1) is 21.7. The van der Waals surface area contributed by atoms with E-state index in [-0.39, 0.29) is 0 Å². The van der Waals surface area contributed by atoms with Gasteiger partial charge in [-0.05, 0) is 19.3 Å². The van der Waals surface area contributed by atoms with Crippen LogP contribution in [0.25, 0.3) is 0 Å². The molecular weight excluding hydrogens is 264 g/mol. The number of hydrogen-bond acceptors (Lipinski definition) is 0. The van der Waals surface area contributed by atoms with Gasteiger partial charge in [0.1, 0.15) is 0 Å². The van der Waals surface area contributed by atoms with Gasteiger partial charge in [-0.1, -0.05) is 122 Å². The number of allylic oxidation sites excluding steroid dienone is 1. The molecule has 0 spiro atoms. The molecule has 1 unspecified atom stereocenters. The van der Waals surface area contributed by atoms with Crippen LogP contribution in [0.4, 0.5) is 0 Å². The smallest absolute Gasteiger partial charge is 0.0231 e. The van der Waals surface area contributed by atoms with Crippen LogP contribution in [0.5, 0.6) is 0 Å². The predicted octanol–water partition coefficient (Wildman–Crippen LogP) is 8.26. The van der Waals surface area contributed by atoms with Gasteiger partial charge in [0.2, 0.25) is 0 Å². The lowest BCUT2D eigenvalue weighted by atomic mass is 9.96. The van der Waals surface area contributed by atoms with E-state index in [0.717, 1.165) is 5.57 Å². The maximum atomic E-state index is 5.81. The minimum atomic E-state index is 0.613. The molecule has 0 fully saturated rings. The molecule has 0 aliphatic heterocycles. The summed E-state index contributed by atoms with van der Waals surface area (Å²) in [5.41, 5.74) is 1.10. The maximum absolute atomic E-state index is 5.81. The lowest BCUT2D eigenvalue weighted by molar-refractivity contribution is 0.511. The molecule has 0 rings (SSSR count). The zero-order valence-electron chi connectivity index (χ0n) is 16.0. The Kier molecular flexibility index (Phi) is 16.9. The summed E-state index contributed by atoms with van der Waals surface area (Å²) >= 11 is 0. The van der Waals surface area contributed by atoms with Crippen LogP contribution >= 0.6 is 0 Å². The first-order chi connectivity index (χ1) is 10.7. The Morgan fingerprint density at radius 3 is 1.27 bits per heavy atom. The van der Waals surface area contributed by atoms with E-state index in [1.165, 1.54) is 103 Å². The molecular formula is C22H43. The summed E-state index contributed by atoms with van der Waals surface area (Å²) in [5, 5.41) is 0. The van der Waals surface area contributed by atoms with Crippen molar-refractivity contribution in [3.63, 3.8) is 0 Å². The quantitative estimate of drug-likeness (QED) is 0.237. The van der Waals surface area contributed by atoms with Gasteiger partial charge in [-0.15, -0.1) is 0 Å². The molecule has 0 aliphatic rings. The summed E-state index contributed by atoms with van der Waals surface area (Å²) in [5.74, 6) is 0.613. The topological polar surface area (TPSA) is 0 Å². The third-order valence-corrected chi connectivity index (χ3v) is 5.02. The van der Waals surface area contributed by atoms with Crippen molar-refractivity contribution >= 4 is 0 Å². The number of hydrogen-bond donors (Lipinski definition) is 0. The molecule has 0 saturated heterocycles. The van der Waals surface area contributed by atoms with E-state index in [9.17, 15) is 0 Å². The number of unbranched alkanes of at least 4 members (excludes halogenated alkanes) is 14. The molecule has 0 aliphatic carbocycles. The Balaban J connectivity index is 3.04. The van der Waals surface area contributed by atoms with E-state index in [1.54, 1.807) is 0 Å². The second-order valence-electron chi connectivity index (χ2n) is 7.38. The fraction of sp³-hybridized carbons (Fsp3) is 0.909. The highest BCUT2D eigenvalue weighted by atomic mass is 14.1. The molecule has 0 saturated carbocycles. The molecule has 0 N–H and O–H groups in total. The lowest BCUT2D eigenvalue weighted by Crippen LogP contribution is -1.95. The molecule has 0 aromatic heterocycles. The highest BCUT2D eigenvalue weighted by molar-refractivity contribution is 4.90. The van der Waals surface area contributed by atoms with E-state index >= 15 is 0 Å². The molecule has 0 amide bonds. The van der Waals surface area contributed by atoms with Crippen LogP contribution in [-0.2, 0) is 0 Å². The monoisotopic (exact) mass is 307 g/mol. The average Bonchev–Trinajstić information content (AvgIpc) is 2.50. The molecule has 0 aromatic rings. The van der Waals surface area contributed by atoms with Crippen LogP contribution in [0.15, 0.2) is 5.57 Å². The van der Waals surface area contributed by atoms with E-state index in [2.05, 4.69) is 20.8 Å². The molecule has 1 atom stereocenters. The largest absolute Gasteiger partial charge is 0.0705 e. The van der Waals surface area contributed by atoms with Crippen LogP contribution in [0.3, 0.4) is 0 Å². The van der Waals surface area contributed by atoms with Crippen LogP contribution in [0.2, 0.25) is 0 Å². The highest BCUT2D eigenvalue weighted by Crippen LogP contribution is 2.17. The van der Waals surface area contributed by atoms with Crippen LogP contribution < -0.4 is 0 Å². The van der Waals surface area contributed by atoms with Gasteiger partial charge >= 0.3 is 0 Å². The normalized spacial score (nSPS) is 12.5. The minimum Gasteiger partial charge on any atom is -0.0705 e. The van der Waals surface area contributed by atoms with Crippen molar-refractivity contribution in [2.24, 2.45) is 5.92 Å². The van der Waals surface area contributed by atoms with Crippen molar-refractivity contribution in [3.8, 4) is 0 Å². The molecule has 0 heteroatoms. The van der Waals surface area contributed by atoms with Crippen molar-refractivity contribution in [2.45, 2.75) is 124 Å². The van der Waals surface area contributed by atoms with E-state index in [0.29, 0.717) is 5.92 Å². The van der Waals surface area contributed by atoms with Gasteiger partial charge in [-0.25, -0.2) is 0 Å². The van der Waals surface area contributed by atoms with Crippen molar-refractivity contribution in [3.05, 3.63) is 12.2 Å². The zero-order chi connectivity index (χ0) is 16.5. The third kappa shape index (κ3) is 16.1. The van der Waals surface area contributed by atoms with Gasteiger partial charge in [0.15, 0.2) is 0 Å². The molecule has 131 valence electrons. The summed E-state index contributed by atoms with van der Waals surface area (Å²) in [6.45, 7) is 12.4. The molecule has 0 bridgehead atoms. The van der Waals surface area contributed by atoms with E-state index < -0.39 is 0 Å². The standard InChI is InChI=1S/C22H43/c1-5-6-7-8-9-10-11-12-13-14-15-16-17-18-19-20-22(4)21(2)3/h2,22H,5-20H2,1,3-4H3. The SMILES string of the molecule is [CH]=C(C)C(C)CCCCCCCCCCCCCCCCC. The zero-order valence-corrected chi connectivity index (χ0v) is 16.0. The van der Waals surface area contributed by atoms with E-state index in [4.69, 9.17) is 6.58 Å². The summed E-state index contributed by atoms with van der Waals surface area (Å²) in [4.78, 5) is 0. The third-order valence-electron chi connectivity index (χ3n) is 5.02. The molecule has 0 heterocycles. The molecule has 0 aromatic carbocycles. The molecule has 1 radical (unpaired) electrons. The van der Waals surface area contributed by atoms with Gasteiger partial charge < -0.3 is 0 Å². The fourth-order valence-corrected chi connectivity index (χ4v) is 3.05. The van der Waals surface area contributed by atoms with Gasteiger partial charge in [-0.3, -0.25) is 0 Å². The van der Waals surface area contributed by atoms with Crippen LogP contribution in [0.1, 0.15) is 124 Å². The van der Waals surface area contributed by atoms with Gasteiger partial charge in [0.05, 0.1) is 0 Å². The summed E-state index contributed by atoms with van der Waals surface area (Å²) in [7, 11) is 0. The second kappa shape index (κ2) is 17.1. The lowest BCUT2D eigenvalue weighted by Gasteiger charge is -2.10. The fourth-order valence-electron chi connectivity index (χ4n) is 3.05. The Bertz CT molecular complexity index is 228. The molecule has 22 heavy (non-hydrogen) atoms. The highest BCUT2D eigenvalue weighted by Gasteiger charge is 2.01. The first-order valence-corrected chi connectivity index (χ1v) is 10.3. The van der Waals surface area contributed by atoms with Crippen molar-refractivity contribution in [1.82, 2.24) is 0 Å². The van der Waals surface area contributed by atoms with Gasteiger partial charge in [0, 0.05) is 0 Å². The summed E-state index contributed by atoms with van der Waals surface area (Å²) in [6.07, 6.45) is 22.9.